The standard InChI is InChI=1S/C25H26O4/c1-2-3-4-9-14-28-15-25-18-12-7-5-10-16(18)20(17-11-6-8-13-19(17)25)21-22(25)24(27)29-23(21)26/h5-8,10-13,20-22H,2-4,9,14-15H2,1H3. The topological polar surface area (TPSA) is 52.6 Å². The van der Waals surface area contributed by atoms with E-state index < -0.39 is 23.2 Å². The maximum atomic E-state index is 12.9. The van der Waals surface area contributed by atoms with E-state index in [1.165, 1.54) is 12.8 Å². The van der Waals surface area contributed by atoms with Gasteiger partial charge in [-0.25, -0.2) is 0 Å². The van der Waals surface area contributed by atoms with Gasteiger partial charge in [-0.1, -0.05) is 74.7 Å². The zero-order chi connectivity index (χ0) is 20.0. The van der Waals surface area contributed by atoms with E-state index in [9.17, 15) is 9.59 Å². The van der Waals surface area contributed by atoms with Crippen LogP contribution in [-0.2, 0) is 24.5 Å². The van der Waals surface area contributed by atoms with Crippen molar-refractivity contribution in [2.75, 3.05) is 13.2 Å². The Morgan fingerprint density at radius 1 is 0.897 bits per heavy atom. The SMILES string of the molecule is CCCCCCOCC12c3ccccc3C(c3ccccc31)C1C(=O)OC(=O)C12. The third kappa shape index (κ3) is 2.55. The minimum absolute atomic E-state index is 0.127. The molecule has 1 heterocycles. The average molecular weight is 390 g/mol. The van der Waals surface area contributed by atoms with Crippen molar-refractivity contribution >= 4 is 11.9 Å². The molecule has 2 unspecified atom stereocenters. The molecule has 150 valence electrons. The molecule has 2 aromatic rings. The predicted octanol–water partition coefficient (Wildman–Crippen LogP) is 4.34. The number of esters is 2. The molecule has 2 atom stereocenters. The van der Waals surface area contributed by atoms with Crippen molar-refractivity contribution in [1.82, 2.24) is 0 Å². The van der Waals surface area contributed by atoms with Crippen LogP contribution in [0.25, 0.3) is 0 Å². The Kier molecular flexibility index (Phi) is 4.54. The zero-order valence-corrected chi connectivity index (χ0v) is 16.7. The molecule has 0 amide bonds. The van der Waals surface area contributed by atoms with Gasteiger partial charge in [0.1, 0.15) is 0 Å². The van der Waals surface area contributed by atoms with Crippen LogP contribution in [0.5, 0.6) is 0 Å². The summed E-state index contributed by atoms with van der Waals surface area (Å²) in [4.78, 5) is 25.6. The predicted molar refractivity (Wildman–Crippen MR) is 109 cm³/mol. The van der Waals surface area contributed by atoms with Crippen LogP contribution >= 0.6 is 0 Å². The number of hydrogen-bond donors (Lipinski definition) is 0. The Morgan fingerprint density at radius 3 is 2.21 bits per heavy atom. The summed E-state index contributed by atoms with van der Waals surface area (Å²) in [6, 6.07) is 16.5. The molecule has 0 saturated carbocycles. The van der Waals surface area contributed by atoms with Crippen LogP contribution in [0.15, 0.2) is 48.5 Å². The van der Waals surface area contributed by atoms with E-state index >= 15 is 0 Å². The highest BCUT2D eigenvalue weighted by Gasteiger charge is 2.67. The van der Waals surface area contributed by atoms with Crippen LogP contribution < -0.4 is 0 Å². The number of unbranched alkanes of at least 4 members (excludes halogenated alkanes) is 3. The normalized spacial score (nSPS) is 28.7. The minimum Gasteiger partial charge on any atom is -0.393 e. The Hall–Kier alpha value is -2.46. The summed E-state index contributed by atoms with van der Waals surface area (Å²) in [6.07, 6.45) is 4.54. The molecule has 4 aliphatic rings. The average Bonchev–Trinajstić information content (AvgIpc) is 3.06. The highest BCUT2D eigenvalue weighted by Crippen LogP contribution is 2.63. The first-order chi connectivity index (χ1) is 14.2. The molecule has 2 aromatic carbocycles. The smallest absolute Gasteiger partial charge is 0.318 e. The summed E-state index contributed by atoms with van der Waals surface area (Å²) < 4.78 is 11.4. The van der Waals surface area contributed by atoms with Crippen LogP contribution in [-0.4, -0.2) is 25.2 Å². The number of cyclic esters (lactones) is 2. The number of benzene rings is 2. The molecule has 2 bridgehead atoms. The van der Waals surface area contributed by atoms with E-state index in [1.54, 1.807) is 0 Å². The molecule has 0 radical (unpaired) electrons. The maximum Gasteiger partial charge on any atom is 0.318 e. The van der Waals surface area contributed by atoms with E-state index in [-0.39, 0.29) is 11.9 Å². The van der Waals surface area contributed by atoms with Gasteiger partial charge in [-0.05, 0) is 28.7 Å². The van der Waals surface area contributed by atoms with E-state index in [2.05, 4.69) is 31.2 Å². The van der Waals surface area contributed by atoms with Gasteiger partial charge in [0, 0.05) is 12.5 Å². The van der Waals surface area contributed by atoms with Crippen LogP contribution in [0, 0.1) is 11.8 Å². The molecule has 6 rings (SSSR count). The van der Waals surface area contributed by atoms with Crippen LogP contribution in [0.3, 0.4) is 0 Å². The molecule has 1 saturated heterocycles. The second kappa shape index (κ2) is 7.10. The summed E-state index contributed by atoms with van der Waals surface area (Å²) >= 11 is 0. The largest absolute Gasteiger partial charge is 0.393 e. The molecule has 1 aliphatic heterocycles. The van der Waals surface area contributed by atoms with Crippen molar-refractivity contribution in [1.29, 1.82) is 0 Å². The van der Waals surface area contributed by atoms with Gasteiger partial charge in [-0.3, -0.25) is 9.59 Å². The number of carbonyl (C=O) groups is 2. The highest BCUT2D eigenvalue weighted by atomic mass is 16.6. The monoisotopic (exact) mass is 390 g/mol. The van der Waals surface area contributed by atoms with Gasteiger partial charge in [0.05, 0.1) is 23.9 Å². The van der Waals surface area contributed by atoms with Crippen molar-refractivity contribution in [2.45, 2.75) is 43.9 Å². The van der Waals surface area contributed by atoms with Crippen molar-refractivity contribution in [3.05, 3.63) is 70.8 Å². The highest BCUT2D eigenvalue weighted by molar-refractivity contribution is 6.00. The molecule has 29 heavy (non-hydrogen) atoms. The summed E-state index contributed by atoms with van der Waals surface area (Å²) in [5.41, 5.74) is 3.83. The summed E-state index contributed by atoms with van der Waals surface area (Å²) in [5.74, 6) is -1.89. The fourth-order valence-electron chi connectivity index (χ4n) is 5.84. The first-order valence-electron chi connectivity index (χ1n) is 10.7. The van der Waals surface area contributed by atoms with Crippen LogP contribution in [0.2, 0.25) is 0 Å². The van der Waals surface area contributed by atoms with Gasteiger partial charge in [-0.15, -0.1) is 0 Å². The Balaban J connectivity index is 1.62. The summed E-state index contributed by atoms with van der Waals surface area (Å²) in [7, 11) is 0. The van der Waals surface area contributed by atoms with Gasteiger partial charge in [0.15, 0.2) is 0 Å². The molecule has 3 aliphatic carbocycles. The molecular formula is C25H26O4. The van der Waals surface area contributed by atoms with Crippen molar-refractivity contribution in [3.8, 4) is 0 Å². The van der Waals surface area contributed by atoms with E-state index in [1.807, 2.05) is 24.3 Å². The van der Waals surface area contributed by atoms with Gasteiger partial charge in [0.2, 0.25) is 0 Å². The Bertz CT molecular complexity index is 915. The van der Waals surface area contributed by atoms with E-state index in [0.717, 1.165) is 35.1 Å². The summed E-state index contributed by atoms with van der Waals surface area (Å²) in [6.45, 7) is 3.25. The molecule has 0 N–H and O–H groups in total. The molecule has 4 nitrogen and oxygen atoms in total. The van der Waals surface area contributed by atoms with Gasteiger partial charge in [-0.2, -0.15) is 0 Å². The molecule has 0 aromatic heterocycles. The first kappa shape index (κ1) is 18.6. The minimum atomic E-state index is -0.666. The Morgan fingerprint density at radius 2 is 1.55 bits per heavy atom. The number of carbonyl (C=O) groups excluding carboxylic acids is 2. The van der Waals surface area contributed by atoms with Gasteiger partial charge < -0.3 is 9.47 Å². The number of ether oxygens (including phenoxy) is 2. The zero-order valence-electron chi connectivity index (χ0n) is 16.7. The fraction of sp³-hybridized carbons (Fsp3) is 0.440. The molecule has 0 spiro atoms. The van der Waals surface area contributed by atoms with Crippen LogP contribution in [0.4, 0.5) is 0 Å². The third-order valence-corrected chi connectivity index (χ3v) is 7.00. The number of hydrogen-bond acceptors (Lipinski definition) is 4. The van der Waals surface area contributed by atoms with Gasteiger partial charge >= 0.3 is 11.9 Å². The lowest BCUT2D eigenvalue weighted by atomic mass is 9.47. The second-order valence-electron chi connectivity index (χ2n) is 8.48. The Labute approximate surface area is 171 Å². The third-order valence-electron chi connectivity index (χ3n) is 7.00. The quantitative estimate of drug-likeness (QED) is 0.401. The lowest BCUT2D eigenvalue weighted by Crippen LogP contribution is -2.55. The van der Waals surface area contributed by atoms with Crippen molar-refractivity contribution in [2.24, 2.45) is 11.8 Å². The van der Waals surface area contributed by atoms with Gasteiger partial charge in [0.25, 0.3) is 0 Å². The fourth-order valence-corrected chi connectivity index (χ4v) is 5.84. The molecule has 4 heteroatoms. The van der Waals surface area contributed by atoms with Crippen LogP contribution in [0.1, 0.15) is 60.8 Å². The lowest BCUT2D eigenvalue weighted by Gasteiger charge is -2.53. The lowest BCUT2D eigenvalue weighted by molar-refractivity contribution is -0.154. The van der Waals surface area contributed by atoms with E-state index in [4.69, 9.17) is 9.47 Å². The van der Waals surface area contributed by atoms with Crippen molar-refractivity contribution in [3.63, 3.8) is 0 Å². The van der Waals surface area contributed by atoms with E-state index in [0.29, 0.717) is 13.2 Å². The summed E-state index contributed by atoms with van der Waals surface area (Å²) in [5, 5.41) is 0. The van der Waals surface area contributed by atoms with Crippen molar-refractivity contribution < 1.29 is 19.1 Å². The molecular weight excluding hydrogens is 364 g/mol. The number of rotatable bonds is 7. The molecule has 1 fully saturated rings. The first-order valence-corrected chi connectivity index (χ1v) is 10.7. The second-order valence-corrected chi connectivity index (χ2v) is 8.48. The maximum absolute atomic E-state index is 12.9.